The smallest absolute Gasteiger partial charge is 0.191 e. The van der Waals surface area contributed by atoms with Crippen LogP contribution >= 0.6 is 24.0 Å². The molecule has 1 rings (SSSR count). The fourth-order valence-corrected chi connectivity index (χ4v) is 2.70. The third-order valence-corrected chi connectivity index (χ3v) is 4.34. The molecule has 1 heterocycles. The Morgan fingerprint density at radius 2 is 1.87 bits per heavy atom. The summed E-state index contributed by atoms with van der Waals surface area (Å²) in [5.74, 6) is 1.72. The lowest BCUT2D eigenvalue weighted by Crippen LogP contribution is -2.52. The van der Waals surface area contributed by atoms with E-state index in [2.05, 4.69) is 62.2 Å². The highest BCUT2D eigenvalue weighted by atomic mass is 127. The van der Waals surface area contributed by atoms with E-state index in [1.165, 1.54) is 12.8 Å². The minimum atomic E-state index is 0. The first-order valence-corrected chi connectivity index (χ1v) is 8.86. The lowest BCUT2D eigenvalue weighted by molar-refractivity contribution is 0.119. The van der Waals surface area contributed by atoms with Gasteiger partial charge in [-0.15, -0.1) is 24.0 Å². The summed E-state index contributed by atoms with van der Waals surface area (Å²) in [6.07, 6.45) is 2.44. The van der Waals surface area contributed by atoms with E-state index in [4.69, 9.17) is 4.99 Å². The van der Waals surface area contributed by atoms with Crippen LogP contribution < -0.4 is 10.6 Å². The average molecular weight is 439 g/mol. The minimum Gasteiger partial charge on any atom is -0.357 e. The van der Waals surface area contributed by atoms with E-state index in [0.717, 1.165) is 44.6 Å². The van der Waals surface area contributed by atoms with Gasteiger partial charge in [-0.25, -0.2) is 0 Å². The standard InChI is InChI=1S/C17H37N5.HI/c1-7-18-17(20-15(4)9-8-14(2)3)19-12-16-13-21(5)10-11-22(16)6;/h14-16H,7-13H2,1-6H3,(H2,18,19,20);1H. The van der Waals surface area contributed by atoms with E-state index in [9.17, 15) is 0 Å². The second-order valence-electron chi connectivity index (χ2n) is 7.13. The van der Waals surface area contributed by atoms with Gasteiger partial charge in [0.2, 0.25) is 0 Å². The Balaban J connectivity index is 0.00000484. The molecule has 0 aromatic rings. The van der Waals surface area contributed by atoms with Crippen LogP contribution in [-0.4, -0.2) is 74.7 Å². The summed E-state index contributed by atoms with van der Waals surface area (Å²) in [5.41, 5.74) is 0. The molecule has 23 heavy (non-hydrogen) atoms. The summed E-state index contributed by atoms with van der Waals surface area (Å²) in [7, 11) is 4.40. The zero-order valence-corrected chi connectivity index (χ0v) is 18.3. The molecule has 2 unspecified atom stereocenters. The predicted molar refractivity (Wildman–Crippen MR) is 112 cm³/mol. The van der Waals surface area contributed by atoms with Gasteiger partial charge in [0, 0.05) is 38.3 Å². The average Bonchev–Trinajstić information content (AvgIpc) is 2.46. The van der Waals surface area contributed by atoms with Crippen LogP contribution in [0.4, 0.5) is 0 Å². The fourth-order valence-electron chi connectivity index (χ4n) is 2.70. The molecular formula is C17H38IN5. The molecule has 1 saturated heterocycles. The van der Waals surface area contributed by atoms with Crippen molar-refractivity contribution in [2.75, 3.05) is 46.8 Å². The number of aliphatic imine (C=N–C) groups is 1. The predicted octanol–water partition coefficient (Wildman–Crippen LogP) is 2.23. The van der Waals surface area contributed by atoms with Gasteiger partial charge in [-0.3, -0.25) is 9.89 Å². The molecule has 5 nitrogen and oxygen atoms in total. The molecule has 2 atom stereocenters. The van der Waals surface area contributed by atoms with Crippen molar-refractivity contribution in [2.24, 2.45) is 10.9 Å². The number of hydrogen-bond acceptors (Lipinski definition) is 3. The number of rotatable bonds is 7. The zero-order valence-electron chi connectivity index (χ0n) is 15.9. The number of guanidine groups is 1. The molecule has 1 aliphatic rings. The maximum absolute atomic E-state index is 4.82. The molecule has 0 aromatic heterocycles. The highest BCUT2D eigenvalue weighted by Crippen LogP contribution is 2.07. The SMILES string of the molecule is CCNC(=NCC1CN(C)CCN1C)NC(C)CCC(C)C.I. The molecule has 0 amide bonds. The number of likely N-dealkylation sites (N-methyl/N-ethyl adjacent to an activating group) is 2. The van der Waals surface area contributed by atoms with Gasteiger partial charge < -0.3 is 15.5 Å². The van der Waals surface area contributed by atoms with Crippen LogP contribution in [-0.2, 0) is 0 Å². The van der Waals surface area contributed by atoms with Crippen LogP contribution in [0.25, 0.3) is 0 Å². The summed E-state index contributed by atoms with van der Waals surface area (Å²) in [6.45, 7) is 14.1. The Morgan fingerprint density at radius 1 is 1.17 bits per heavy atom. The fraction of sp³-hybridized carbons (Fsp3) is 0.941. The van der Waals surface area contributed by atoms with Gasteiger partial charge in [0.1, 0.15) is 0 Å². The van der Waals surface area contributed by atoms with E-state index >= 15 is 0 Å². The lowest BCUT2D eigenvalue weighted by Gasteiger charge is -2.37. The molecular weight excluding hydrogens is 401 g/mol. The highest BCUT2D eigenvalue weighted by molar-refractivity contribution is 14.0. The van der Waals surface area contributed by atoms with E-state index in [1.54, 1.807) is 0 Å². The molecule has 2 N–H and O–H groups in total. The molecule has 138 valence electrons. The van der Waals surface area contributed by atoms with Crippen LogP contribution in [0, 0.1) is 5.92 Å². The summed E-state index contributed by atoms with van der Waals surface area (Å²) in [6, 6.07) is 0.979. The first kappa shape index (κ1) is 22.9. The molecule has 0 aromatic carbocycles. The summed E-state index contributed by atoms with van der Waals surface area (Å²) < 4.78 is 0. The third kappa shape index (κ3) is 9.72. The number of halogens is 1. The maximum Gasteiger partial charge on any atom is 0.191 e. The van der Waals surface area contributed by atoms with Crippen molar-refractivity contribution < 1.29 is 0 Å². The van der Waals surface area contributed by atoms with Gasteiger partial charge in [0.25, 0.3) is 0 Å². The quantitative estimate of drug-likeness (QED) is 0.363. The van der Waals surface area contributed by atoms with Crippen molar-refractivity contribution in [1.29, 1.82) is 0 Å². The largest absolute Gasteiger partial charge is 0.357 e. The van der Waals surface area contributed by atoms with Gasteiger partial charge in [0.15, 0.2) is 5.96 Å². The molecule has 0 saturated carbocycles. The Bertz CT molecular complexity index is 335. The summed E-state index contributed by atoms with van der Waals surface area (Å²) in [5, 5.41) is 6.92. The maximum atomic E-state index is 4.82. The van der Waals surface area contributed by atoms with Crippen LogP contribution in [0.1, 0.15) is 40.5 Å². The van der Waals surface area contributed by atoms with Crippen LogP contribution in [0.3, 0.4) is 0 Å². The monoisotopic (exact) mass is 439 g/mol. The van der Waals surface area contributed by atoms with Crippen molar-refractivity contribution in [3.8, 4) is 0 Å². The molecule has 6 heteroatoms. The number of piperazine rings is 1. The van der Waals surface area contributed by atoms with Gasteiger partial charge in [0.05, 0.1) is 6.54 Å². The van der Waals surface area contributed by atoms with E-state index < -0.39 is 0 Å². The molecule has 1 fully saturated rings. The molecule has 0 bridgehead atoms. The summed E-state index contributed by atoms with van der Waals surface area (Å²) >= 11 is 0. The first-order valence-electron chi connectivity index (χ1n) is 8.86. The molecule has 0 spiro atoms. The van der Waals surface area contributed by atoms with Crippen molar-refractivity contribution in [3.05, 3.63) is 0 Å². The summed E-state index contributed by atoms with van der Waals surface area (Å²) in [4.78, 5) is 9.64. The topological polar surface area (TPSA) is 42.9 Å². The first-order chi connectivity index (χ1) is 10.4. The normalized spacial score (nSPS) is 21.9. The van der Waals surface area contributed by atoms with Gasteiger partial charge in [-0.2, -0.15) is 0 Å². The highest BCUT2D eigenvalue weighted by Gasteiger charge is 2.21. The minimum absolute atomic E-state index is 0. The van der Waals surface area contributed by atoms with Gasteiger partial charge in [-0.05, 0) is 46.7 Å². The lowest BCUT2D eigenvalue weighted by atomic mass is 10.0. The van der Waals surface area contributed by atoms with Gasteiger partial charge in [-0.1, -0.05) is 13.8 Å². The van der Waals surface area contributed by atoms with Crippen molar-refractivity contribution >= 4 is 29.9 Å². The van der Waals surface area contributed by atoms with Crippen molar-refractivity contribution in [1.82, 2.24) is 20.4 Å². The molecule has 0 radical (unpaired) electrons. The zero-order chi connectivity index (χ0) is 16.5. The van der Waals surface area contributed by atoms with E-state index in [-0.39, 0.29) is 24.0 Å². The Morgan fingerprint density at radius 3 is 2.48 bits per heavy atom. The van der Waals surface area contributed by atoms with E-state index in [1.807, 2.05) is 0 Å². The van der Waals surface area contributed by atoms with Crippen LogP contribution in [0.5, 0.6) is 0 Å². The van der Waals surface area contributed by atoms with Crippen LogP contribution in [0.2, 0.25) is 0 Å². The molecule has 1 aliphatic heterocycles. The van der Waals surface area contributed by atoms with Crippen molar-refractivity contribution in [2.45, 2.75) is 52.6 Å². The second-order valence-corrected chi connectivity index (χ2v) is 7.13. The van der Waals surface area contributed by atoms with Gasteiger partial charge >= 0.3 is 0 Å². The second kappa shape index (κ2) is 12.3. The Hall–Kier alpha value is -0.0800. The molecule has 0 aliphatic carbocycles. The van der Waals surface area contributed by atoms with Crippen LogP contribution in [0.15, 0.2) is 4.99 Å². The number of nitrogens with zero attached hydrogens (tertiary/aromatic N) is 3. The number of nitrogens with one attached hydrogen (secondary N) is 2. The van der Waals surface area contributed by atoms with Crippen molar-refractivity contribution in [3.63, 3.8) is 0 Å². The Kier molecular flexibility index (Phi) is 12.3. The van der Waals surface area contributed by atoms with E-state index in [0.29, 0.717) is 12.1 Å². The number of hydrogen-bond donors (Lipinski definition) is 2. The third-order valence-electron chi connectivity index (χ3n) is 4.34. The Labute approximate surface area is 160 Å².